The third kappa shape index (κ3) is 5.73. The van der Waals surface area contributed by atoms with E-state index in [1.54, 1.807) is 6.20 Å². The number of aromatic nitrogens is 1. The van der Waals surface area contributed by atoms with Crippen LogP contribution in [0.1, 0.15) is 51.5 Å². The fourth-order valence-electron chi connectivity index (χ4n) is 2.86. The van der Waals surface area contributed by atoms with Gasteiger partial charge < -0.3 is 15.4 Å². The van der Waals surface area contributed by atoms with Crippen LogP contribution in [-0.2, 0) is 6.54 Å². The normalized spacial score (nSPS) is 21.8. The second-order valence-electron chi connectivity index (χ2n) is 6.34. The predicted octanol–water partition coefficient (Wildman–Crippen LogP) is 3.11. The summed E-state index contributed by atoms with van der Waals surface area (Å²) in [7, 11) is 1.82. The lowest BCUT2D eigenvalue weighted by molar-refractivity contribution is 0.301. The lowest BCUT2D eigenvalue weighted by Gasteiger charge is -2.28. The summed E-state index contributed by atoms with van der Waals surface area (Å²) < 4.78 is 5.70. The first kappa shape index (κ1) is 17.6. The molecule has 1 fully saturated rings. The van der Waals surface area contributed by atoms with Gasteiger partial charge in [-0.1, -0.05) is 19.9 Å². The fraction of sp³-hybridized carbons (Fsp3) is 0.667. The molecule has 5 nitrogen and oxygen atoms in total. The first-order valence-electron chi connectivity index (χ1n) is 8.76. The summed E-state index contributed by atoms with van der Waals surface area (Å²) >= 11 is 0. The van der Waals surface area contributed by atoms with Crippen LogP contribution in [0.5, 0.6) is 5.88 Å². The van der Waals surface area contributed by atoms with Gasteiger partial charge in [-0.25, -0.2) is 4.98 Å². The van der Waals surface area contributed by atoms with E-state index in [2.05, 4.69) is 34.5 Å². The van der Waals surface area contributed by atoms with E-state index in [1.807, 2.05) is 19.2 Å². The molecule has 5 heteroatoms. The van der Waals surface area contributed by atoms with Crippen LogP contribution in [0.3, 0.4) is 0 Å². The molecule has 1 aliphatic carbocycles. The van der Waals surface area contributed by atoms with Gasteiger partial charge in [0, 0.05) is 31.4 Å². The second-order valence-corrected chi connectivity index (χ2v) is 6.34. The van der Waals surface area contributed by atoms with Crippen molar-refractivity contribution in [1.29, 1.82) is 0 Å². The van der Waals surface area contributed by atoms with Crippen LogP contribution in [0.4, 0.5) is 0 Å². The van der Waals surface area contributed by atoms with Gasteiger partial charge in [-0.2, -0.15) is 0 Å². The summed E-state index contributed by atoms with van der Waals surface area (Å²) in [6.45, 7) is 5.79. The third-order valence-corrected chi connectivity index (χ3v) is 4.32. The van der Waals surface area contributed by atoms with Crippen molar-refractivity contribution in [2.75, 3.05) is 13.7 Å². The molecule has 0 aliphatic heterocycles. The van der Waals surface area contributed by atoms with Crippen molar-refractivity contribution in [1.82, 2.24) is 15.6 Å². The molecule has 2 rings (SSSR count). The molecule has 0 spiro atoms. The molecule has 1 heterocycles. The molecule has 1 aliphatic rings. The minimum Gasteiger partial charge on any atom is -0.477 e. The molecule has 0 atom stereocenters. The number of aliphatic imine (C=N–C) groups is 1. The average Bonchev–Trinajstić information content (AvgIpc) is 2.59. The lowest BCUT2D eigenvalue weighted by atomic mass is 9.87. The van der Waals surface area contributed by atoms with Gasteiger partial charge in [-0.3, -0.25) is 4.99 Å². The molecule has 0 bridgehead atoms. The Morgan fingerprint density at radius 1 is 1.35 bits per heavy atom. The fourth-order valence-corrected chi connectivity index (χ4v) is 2.86. The maximum absolute atomic E-state index is 5.70. The molecular weight excluding hydrogens is 288 g/mol. The summed E-state index contributed by atoms with van der Waals surface area (Å²) in [5.41, 5.74) is 1.06. The van der Waals surface area contributed by atoms with E-state index in [9.17, 15) is 0 Å². The maximum atomic E-state index is 5.70. The number of nitrogens with zero attached hydrogens (tertiary/aromatic N) is 2. The van der Waals surface area contributed by atoms with Gasteiger partial charge in [0.2, 0.25) is 5.88 Å². The molecule has 23 heavy (non-hydrogen) atoms. The van der Waals surface area contributed by atoms with Crippen molar-refractivity contribution in [3.8, 4) is 5.88 Å². The molecule has 0 radical (unpaired) electrons. The van der Waals surface area contributed by atoms with Crippen molar-refractivity contribution in [2.45, 2.75) is 58.5 Å². The lowest BCUT2D eigenvalue weighted by Crippen LogP contribution is -2.44. The average molecular weight is 318 g/mol. The number of guanidine groups is 1. The second kappa shape index (κ2) is 9.38. The summed E-state index contributed by atoms with van der Waals surface area (Å²) in [6.07, 6.45) is 7.79. The van der Waals surface area contributed by atoms with E-state index in [-0.39, 0.29) is 0 Å². The SMILES string of the molecule is CCCOc1ncccc1CNC(=NC)NC1CCC(C)CC1. The number of hydrogen-bond donors (Lipinski definition) is 2. The molecule has 0 saturated heterocycles. The Hall–Kier alpha value is -1.78. The van der Waals surface area contributed by atoms with Crippen LogP contribution in [0.2, 0.25) is 0 Å². The number of hydrogen-bond acceptors (Lipinski definition) is 3. The first-order valence-corrected chi connectivity index (χ1v) is 8.76. The predicted molar refractivity (Wildman–Crippen MR) is 94.8 cm³/mol. The van der Waals surface area contributed by atoms with Crippen molar-refractivity contribution in [3.63, 3.8) is 0 Å². The van der Waals surface area contributed by atoms with Crippen LogP contribution >= 0.6 is 0 Å². The van der Waals surface area contributed by atoms with Gasteiger partial charge in [0.1, 0.15) is 0 Å². The number of ether oxygens (including phenoxy) is 1. The van der Waals surface area contributed by atoms with Crippen molar-refractivity contribution >= 4 is 5.96 Å². The largest absolute Gasteiger partial charge is 0.477 e. The van der Waals surface area contributed by atoms with E-state index in [1.165, 1.54) is 25.7 Å². The molecule has 1 aromatic heterocycles. The highest BCUT2D eigenvalue weighted by molar-refractivity contribution is 5.80. The third-order valence-electron chi connectivity index (χ3n) is 4.32. The summed E-state index contributed by atoms with van der Waals surface area (Å²) in [4.78, 5) is 8.66. The summed E-state index contributed by atoms with van der Waals surface area (Å²) in [5.74, 6) is 2.43. The molecule has 2 N–H and O–H groups in total. The van der Waals surface area contributed by atoms with Gasteiger partial charge in [0.15, 0.2) is 5.96 Å². The minimum atomic E-state index is 0.530. The smallest absolute Gasteiger partial charge is 0.218 e. The Bertz CT molecular complexity index is 496. The topological polar surface area (TPSA) is 58.5 Å². The van der Waals surface area contributed by atoms with Gasteiger partial charge in [-0.05, 0) is 44.1 Å². The quantitative estimate of drug-likeness (QED) is 0.625. The van der Waals surface area contributed by atoms with E-state index in [0.717, 1.165) is 23.9 Å². The minimum absolute atomic E-state index is 0.530. The molecule has 128 valence electrons. The Morgan fingerprint density at radius 3 is 2.83 bits per heavy atom. The van der Waals surface area contributed by atoms with Crippen LogP contribution in [0.15, 0.2) is 23.3 Å². The molecular formula is C18H30N4O. The van der Waals surface area contributed by atoms with E-state index in [0.29, 0.717) is 25.1 Å². The number of nitrogens with one attached hydrogen (secondary N) is 2. The van der Waals surface area contributed by atoms with Crippen molar-refractivity contribution in [2.24, 2.45) is 10.9 Å². The van der Waals surface area contributed by atoms with Crippen molar-refractivity contribution in [3.05, 3.63) is 23.9 Å². The zero-order valence-corrected chi connectivity index (χ0v) is 14.6. The summed E-state index contributed by atoms with van der Waals surface area (Å²) in [5, 5.41) is 6.92. The highest BCUT2D eigenvalue weighted by Gasteiger charge is 2.19. The maximum Gasteiger partial charge on any atom is 0.218 e. The molecule has 0 unspecified atom stereocenters. The van der Waals surface area contributed by atoms with Crippen LogP contribution in [0.25, 0.3) is 0 Å². The number of rotatable bonds is 6. The van der Waals surface area contributed by atoms with Gasteiger partial charge in [0.25, 0.3) is 0 Å². The Kier molecular flexibility index (Phi) is 7.17. The Balaban J connectivity index is 1.86. The first-order chi connectivity index (χ1) is 11.2. The van der Waals surface area contributed by atoms with Crippen LogP contribution in [-0.4, -0.2) is 30.6 Å². The monoisotopic (exact) mass is 318 g/mol. The van der Waals surface area contributed by atoms with Gasteiger partial charge >= 0.3 is 0 Å². The van der Waals surface area contributed by atoms with Crippen LogP contribution in [0, 0.1) is 5.92 Å². The standard InChI is InChI=1S/C18H30N4O/c1-4-12-23-17-15(6-5-11-20-17)13-21-18(19-3)22-16-9-7-14(2)8-10-16/h5-6,11,14,16H,4,7-10,12-13H2,1-3H3,(H2,19,21,22). The van der Waals surface area contributed by atoms with E-state index >= 15 is 0 Å². The molecule has 0 aromatic carbocycles. The highest BCUT2D eigenvalue weighted by atomic mass is 16.5. The Morgan fingerprint density at radius 2 is 2.13 bits per heavy atom. The van der Waals surface area contributed by atoms with Crippen LogP contribution < -0.4 is 15.4 Å². The summed E-state index contributed by atoms with van der Waals surface area (Å²) in [6, 6.07) is 4.51. The van der Waals surface area contributed by atoms with E-state index in [4.69, 9.17) is 4.74 Å². The zero-order chi connectivity index (χ0) is 16.5. The zero-order valence-electron chi connectivity index (χ0n) is 14.6. The van der Waals surface area contributed by atoms with Crippen molar-refractivity contribution < 1.29 is 4.74 Å². The molecule has 1 saturated carbocycles. The van der Waals surface area contributed by atoms with Gasteiger partial charge in [-0.15, -0.1) is 0 Å². The van der Waals surface area contributed by atoms with Gasteiger partial charge in [0.05, 0.1) is 6.61 Å². The van der Waals surface area contributed by atoms with E-state index < -0.39 is 0 Å². The molecule has 1 aromatic rings. The Labute approximate surface area is 139 Å². The molecule has 0 amide bonds. The highest BCUT2D eigenvalue weighted by Crippen LogP contribution is 2.23. The number of pyridine rings is 1.